The molecular weight excluding hydrogens is 352 g/mol. The summed E-state index contributed by atoms with van der Waals surface area (Å²) in [7, 11) is 0. The van der Waals surface area contributed by atoms with Crippen LogP contribution < -0.4 is 9.47 Å². The fraction of sp³-hybridized carbons (Fsp3) is 0.211. The molecule has 2 aromatic carbocycles. The van der Waals surface area contributed by atoms with E-state index >= 15 is 0 Å². The van der Waals surface area contributed by atoms with Gasteiger partial charge in [-0.05, 0) is 32.0 Å². The Hall–Kier alpha value is -2.80. The summed E-state index contributed by atoms with van der Waals surface area (Å²) in [4.78, 5) is 12.5. The summed E-state index contributed by atoms with van der Waals surface area (Å²) in [5.41, 5.74) is 2.53. The Bertz CT molecular complexity index is 952. The number of hydrogen-bond acceptors (Lipinski definition) is 7. The van der Waals surface area contributed by atoms with Gasteiger partial charge < -0.3 is 13.9 Å². The van der Waals surface area contributed by atoms with E-state index in [0.717, 1.165) is 11.1 Å². The summed E-state index contributed by atoms with van der Waals surface area (Å²) in [5.74, 6) is 1.75. The molecule has 132 valence electrons. The van der Waals surface area contributed by atoms with Crippen LogP contribution in [0.2, 0.25) is 0 Å². The van der Waals surface area contributed by atoms with Crippen LogP contribution >= 0.6 is 11.8 Å². The molecule has 0 radical (unpaired) electrons. The first-order valence-electron chi connectivity index (χ1n) is 8.11. The summed E-state index contributed by atoms with van der Waals surface area (Å²) in [6, 6.07) is 12.9. The van der Waals surface area contributed by atoms with Gasteiger partial charge in [0.25, 0.3) is 5.22 Å². The molecule has 6 nitrogen and oxygen atoms in total. The molecular formula is C19H16N2O4S. The summed E-state index contributed by atoms with van der Waals surface area (Å²) in [6.07, 6.45) is 0. The van der Waals surface area contributed by atoms with Gasteiger partial charge in [-0.3, -0.25) is 4.79 Å². The minimum Gasteiger partial charge on any atom is -0.454 e. The second kappa shape index (κ2) is 6.84. The molecule has 1 aliphatic heterocycles. The maximum atomic E-state index is 12.5. The fourth-order valence-corrected chi connectivity index (χ4v) is 3.32. The first-order chi connectivity index (χ1) is 12.6. The highest BCUT2D eigenvalue weighted by atomic mass is 32.2. The van der Waals surface area contributed by atoms with E-state index < -0.39 is 0 Å². The van der Waals surface area contributed by atoms with E-state index in [-0.39, 0.29) is 17.8 Å². The SMILES string of the molecule is Cc1ccc(C(=O)[C@@H](C)Sc2nnc(-c3ccc4c(c3)OCO4)o2)cc1. The second-order valence-corrected chi connectivity index (χ2v) is 7.22. The van der Waals surface area contributed by atoms with Crippen molar-refractivity contribution in [1.29, 1.82) is 0 Å². The highest BCUT2D eigenvalue weighted by Crippen LogP contribution is 2.36. The Kier molecular flexibility index (Phi) is 4.38. The first kappa shape index (κ1) is 16.7. The van der Waals surface area contributed by atoms with Crippen molar-refractivity contribution in [2.24, 2.45) is 0 Å². The molecule has 3 aromatic rings. The molecule has 2 heterocycles. The van der Waals surface area contributed by atoms with Gasteiger partial charge >= 0.3 is 0 Å². The van der Waals surface area contributed by atoms with Crippen LogP contribution in [0, 0.1) is 6.92 Å². The average molecular weight is 368 g/mol. The molecule has 4 rings (SSSR count). The van der Waals surface area contributed by atoms with Crippen LogP contribution in [-0.2, 0) is 0 Å². The third-order valence-electron chi connectivity index (χ3n) is 4.01. The quantitative estimate of drug-likeness (QED) is 0.495. The van der Waals surface area contributed by atoms with Gasteiger partial charge in [0.2, 0.25) is 12.7 Å². The van der Waals surface area contributed by atoms with Crippen LogP contribution in [0.1, 0.15) is 22.8 Å². The molecule has 7 heteroatoms. The number of carbonyl (C=O) groups is 1. The number of aromatic nitrogens is 2. The summed E-state index contributed by atoms with van der Waals surface area (Å²) < 4.78 is 16.3. The zero-order valence-electron chi connectivity index (χ0n) is 14.3. The Morgan fingerprint density at radius 3 is 2.65 bits per heavy atom. The molecule has 0 saturated heterocycles. The number of rotatable bonds is 5. The number of hydrogen-bond donors (Lipinski definition) is 0. The van der Waals surface area contributed by atoms with Crippen LogP contribution in [0.4, 0.5) is 0 Å². The summed E-state index contributed by atoms with van der Waals surface area (Å²) >= 11 is 1.25. The molecule has 0 amide bonds. The molecule has 0 saturated carbocycles. The van der Waals surface area contributed by atoms with Crippen molar-refractivity contribution in [2.75, 3.05) is 6.79 Å². The van der Waals surface area contributed by atoms with Crippen molar-refractivity contribution in [3.05, 3.63) is 53.6 Å². The van der Waals surface area contributed by atoms with Crippen molar-refractivity contribution < 1.29 is 18.7 Å². The van der Waals surface area contributed by atoms with Crippen LogP contribution in [0.25, 0.3) is 11.5 Å². The monoisotopic (exact) mass is 368 g/mol. The van der Waals surface area contributed by atoms with Crippen molar-refractivity contribution in [3.8, 4) is 23.0 Å². The van der Waals surface area contributed by atoms with E-state index in [4.69, 9.17) is 13.9 Å². The average Bonchev–Trinajstić information content (AvgIpc) is 3.30. The lowest BCUT2D eigenvalue weighted by atomic mass is 10.1. The number of ether oxygens (including phenoxy) is 2. The van der Waals surface area contributed by atoms with Gasteiger partial charge in [0.1, 0.15) is 0 Å². The molecule has 0 aliphatic carbocycles. The Labute approximate surface area is 154 Å². The van der Waals surface area contributed by atoms with Gasteiger partial charge in [0, 0.05) is 11.1 Å². The molecule has 1 atom stereocenters. The molecule has 0 fully saturated rings. The van der Waals surface area contributed by atoms with E-state index in [1.165, 1.54) is 11.8 Å². The number of Topliss-reactive ketones (excluding diaryl/α,β-unsaturated/α-hetero) is 1. The third kappa shape index (κ3) is 3.30. The predicted octanol–water partition coefficient (Wildman–Crippen LogP) is 4.14. The smallest absolute Gasteiger partial charge is 0.277 e. The number of carbonyl (C=O) groups excluding carboxylic acids is 1. The number of thioether (sulfide) groups is 1. The number of aryl methyl sites for hydroxylation is 1. The Balaban J connectivity index is 1.48. The van der Waals surface area contributed by atoms with Gasteiger partial charge in [0.15, 0.2) is 17.3 Å². The highest BCUT2D eigenvalue weighted by Gasteiger charge is 2.21. The van der Waals surface area contributed by atoms with E-state index in [1.54, 1.807) is 12.1 Å². The number of nitrogens with zero attached hydrogens (tertiary/aromatic N) is 2. The molecule has 0 unspecified atom stereocenters. The highest BCUT2D eigenvalue weighted by molar-refractivity contribution is 8.00. The molecule has 26 heavy (non-hydrogen) atoms. The second-order valence-electron chi connectivity index (χ2n) is 5.93. The van der Waals surface area contributed by atoms with Crippen molar-refractivity contribution in [2.45, 2.75) is 24.3 Å². The number of ketones is 1. The van der Waals surface area contributed by atoms with Gasteiger partial charge in [0.05, 0.1) is 5.25 Å². The fourth-order valence-electron chi connectivity index (χ4n) is 2.56. The van der Waals surface area contributed by atoms with Gasteiger partial charge in [-0.15, -0.1) is 10.2 Å². The van der Waals surface area contributed by atoms with E-state index in [0.29, 0.717) is 28.2 Å². The minimum absolute atomic E-state index is 0.0258. The van der Waals surface area contributed by atoms with Crippen molar-refractivity contribution >= 4 is 17.5 Å². The topological polar surface area (TPSA) is 74.5 Å². The Morgan fingerprint density at radius 1 is 1.08 bits per heavy atom. The molecule has 0 N–H and O–H groups in total. The minimum atomic E-state index is -0.331. The molecule has 0 bridgehead atoms. The summed E-state index contributed by atoms with van der Waals surface area (Å²) in [6.45, 7) is 4.03. The van der Waals surface area contributed by atoms with Crippen LogP contribution in [0.3, 0.4) is 0 Å². The van der Waals surface area contributed by atoms with Crippen LogP contribution in [0.5, 0.6) is 11.5 Å². The van der Waals surface area contributed by atoms with E-state index in [2.05, 4.69) is 10.2 Å². The lowest BCUT2D eigenvalue weighted by Crippen LogP contribution is -2.13. The van der Waals surface area contributed by atoms with Gasteiger partial charge in [-0.1, -0.05) is 41.6 Å². The van der Waals surface area contributed by atoms with Gasteiger partial charge in [-0.2, -0.15) is 0 Å². The first-order valence-corrected chi connectivity index (χ1v) is 8.99. The standard InChI is InChI=1S/C19H16N2O4S/c1-11-3-5-13(6-4-11)17(22)12(2)26-19-21-20-18(25-19)14-7-8-15-16(9-14)24-10-23-15/h3-9,12H,10H2,1-2H3/t12-/m1/s1. The van der Waals surface area contributed by atoms with Gasteiger partial charge in [-0.25, -0.2) is 0 Å². The Morgan fingerprint density at radius 2 is 1.85 bits per heavy atom. The maximum Gasteiger partial charge on any atom is 0.277 e. The number of benzene rings is 2. The van der Waals surface area contributed by atoms with Crippen molar-refractivity contribution in [1.82, 2.24) is 10.2 Å². The van der Waals surface area contributed by atoms with E-state index in [9.17, 15) is 4.79 Å². The van der Waals surface area contributed by atoms with Crippen LogP contribution in [-0.4, -0.2) is 28.0 Å². The zero-order chi connectivity index (χ0) is 18.1. The number of fused-ring (bicyclic) bond motifs is 1. The largest absolute Gasteiger partial charge is 0.454 e. The molecule has 1 aromatic heterocycles. The normalized spacial score (nSPS) is 13.6. The molecule has 0 spiro atoms. The maximum absolute atomic E-state index is 12.5. The lowest BCUT2D eigenvalue weighted by molar-refractivity contribution is 0.0993. The van der Waals surface area contributed by atoms with E-state index in [1.807, 2.05) is 44.2 Å². The van der Waals surface area contributed by atoms with Crippen molar-refractivity contribution in [3.63, 3.8) is 0 Å². The van der Waals surface area contributed by atoms with Crippen LogP contribution in [0.15, 0.2) is 52.1 Å². The molecule has 1 aliphatic rings. The third-order valence-corrected chi connectivity index (χ3v) is 4.94. The lowest BCUT2D eigenvalue weighted by Gasteiger charge is -2.07. The zero-order valence-corrected chi connectivity index (χ0v) is 15.1. The summed E-state index contributed by atoms with van der Waals surface area (Å²) in [5, 5.41) is 8.12. The predicted molar refractivity (Wildman–Crippen MR) is 96.7 cm³/mol.